The highest BCUT2D eigenvalue weighted by Gasteiger charge is 2.10. The number of pyridine rings is 1. The van der Waals surface area contributed by atoms with Crippen molar-refractivity contribution >= 4 is 22.9 Å². The van der Waals surface area contributed by atoms with E-state index in [4.69, 9.17) is 4.74 Å². The molecule has 0 aliphatic carbocycles. The van der Waals surface area contributed by atoms with Gasteiger partial charge in [-0.05, 0) is 29.3 Å². The highest BCUT2D eigenvalue weighted by molar-refractivity contribution is 5.91. The van der Waals surface area contributed by atoms with Crippen molar-refractivity contribution in [3.05, 3.63) is 83.6 Å². The molecule has 1 saturated heterocycles. The van der Waals surface area contributed by atoms with Crippen LogP contribution in [0, 0.1) is 0 Å². The van der Waals surface area contributed by atoms with Crippen LogP contribution in [0.5, 0.6) is 0 Å². The fourth-order valence-corrected chi connectivity index (χ4v) is 3.36. The molecular formula is C24H25N3O2. The molecule has 0 atom stereocenters. The molecule has 0 saturated carbocycles. The predicted octanol–water partition coefficient (Wildman–Crippen LogP) is 3.40. The number of carbonyl (C=O) groups excluding carboxylic acids is 1. The highest BCUT2D eigenvalue weighted by Crippen LogP contribution is 2.12. The average Bonchev–Trinajstić information content (AvgIpc) is 2.78. The topological polar surface area (TPSA) is 54.5 Å². The monoisotopic (exact) mass is 387 g/mol. The highest BCUT2D eigenvalue weighted by atomic mass is 16.5. The molecule has 2 heterocycles. The molecule has 1 N–H and O–H groups in total. The van der Waals surface area contributed by atoms with E-state index in [2.05, 4.69) is 39.5 Å². The van der Waals surface area contributed by atoms with Gasteiger partial charge in [0.1, 0.15) is 0 Å². The van der Waals surface area contributed by atoms with E-state index in [-0.39, 0.29) is 5.91 Å². The summed E-state index contributed by atoms with van der Waals surface area (Å²) in [6, 6.07) is 20.3. The molecule has 1 fully saturated rings. The van der Waals surface area contributed by atoms with Crippen LogP contribution >= 0.6 is 0 Å². The number of carbonyl (C=O) groups is 1. The van der Waals surface area contributed by atoms with E-state index < -0.39 is 0 Å². The Bertz CT molecular complexity index is 992. The van der Waals surface area contributed by atoms with Gasteiger partial charge in [0.05, 0.1) is 24.4 Å². The third-order valence-electron chi connectivity index (χ3n) is 5.03. The predicted molar refractivity (Wildman–Crippen MR) is 115 cm³/mol. The van der Waals surface area contributed by atoms with Crippen LogP contribution in [-0.4, -0.2) is 42.1 Å². The minimum Gasteiger partial charge on any atom is -0.379 e. The van der Waals surface area contributed by atoms with Gasteiger partial charge in [-0.1, -0.05) is 48.5 Å². The molecule has 3 aromatic rings. The van der Waals surface area contributed by atoms with Crippen LogP contribution in [-0.2, 0) is 22.6 Å². The lowest BCUT2D eigenvalue weighted by Gasteiger charge is -2.26. The Balaban J connectivity index is 1.27. The molecule has 1 aliphatic rings. The second-order valence-electron chi connectivity index (χ2n) is 7.18. The summed E-state index contributed by atoms with van der Waals surface area (Å²) in [7, 11) is 0. The van der Waals surface area contributed by atoms with Crippen molar-refractivity contribution in [3.63, 3.8) is 0 Å². The van der Waals surface area contributed by atoms with E-state index in [0.29, 0.717) is 6.54 Å². The third-order valence-corrected chi connectivity index (χ3v) is 5.03. The standard InChI is InChI=1S/C24H25N3O2/c28-24(12-11-22-10-9-21-3-1-2-4-23(21)26-22)25-17-19-5-7-20(8-6-19)18-27-13-15-29-16-14-27/h1-12H,13-18H2,(H,25,28)/b12-11+. The van der Waals surface area contributed by atoms with Crippen molar-refractivity contribution in [1.82, 2.24) is 15.2 Å². The number of nitrogens with one attached hydrogen (secondary N) is 1. The smallest absolute Gasteiger partial charge is 0.244 e. The molecule has 29 heavy (non-hydrogen) atoms. The van der Waals surface area contributed by atoms with E-state index in [1.807, 2.05) is 36.4 Å². The van der Waals surface area contributed by atoms with E-state index in [0.717, 1.165) is 55.0 Å². The second-order valence-corrected chi connectivity index (χ2v) is 7.18. The van der Waals surface area contributed by atoms with Gasteiger partial charge in [0.2, 0.25) is 5.91 Å². The molecule has 1 amide bonds. The lowest BCUT2D eigenvalue weighted by atomic mass is 10.1. The Hall–Kier alpha value is -3.02. The van der Waals surface area contributed by atoms with Crippen molar-refractivity contribution in [3.8, 4) is 0 Å². The second kappa shape index (κ2) is 9.45. The molecule has 5 heteroatoms. The summed E-state index contributed by atoms with van der Waals surface area (Å²) in [6.45, 7) is 5.04. The first-order valence-corrected chi connectivity index (χ1v) is 9.96. The summed E-state index contributed by atoms with van der Waals surface area (Å²) >= 11 is 0. The van der Waals surface area contributed by atoms with Crippen molar-refractivity contribution in [2.24, 2.45) is 0 Å². The van der Waals surface area contributed by atoms with Crippen molar-refractivity contribution in [1.29, 1.82) is 0 Å². The van der Waals surface area contributed by atoms with Gasteiger partial charge in [-0.25, -0.2) is 4.98 Å². The number of fused-ring (bicyclic) bond motifs is 1. The number of amides is 1. The first-order valence-electron chi connectivity index (χ1n) is 9.96. The Labute approximate surface area is 171 Å². The summed E-state index contributed by atoms with van der Waals surface area (Å²) in [6.07, 6.45) is 3.27. The molecule has 0 radical (unpaired) electrons. The molecule has 4 rings (SSSR count). The zero-order valence-corrected chi connectivity index (χ0v) is 16.4. The largest absolute Gasteiger partial charge is 0.379 e. The lowest BCUT2D eigenvalue weighted by Crippen LogP contribution is -2.35. The number of morpholine rings is 1. The van der Waals surface area contributed by atoms with Crippen LogP contribution in [0.3, 0.4) is 0 Å². The number of ether oxygens (including phenoxy) is 1. The van der Waals surface area contributed by atoms with Gasteiger partial charge in [-0.15, -0.1) is 0 Å². The molecule has 1 aliphatic heterocycles. The van der Waals surface area contributed by atoms with Gasteiger partial charge < -0.3 is 10.1 Å². The minimum absolute atomic E-state index is 0.127. The number of nitrogens with zero attached hydrogens (tertiary/aromatic N) is 2. The number of hydrogen-bond donors (Lipinski definition) is 1. The number of hydrogen-bond acceptors (Lipinski definition) is 4. The maximum atomic E-state index is 12.1. The van der Waals surface area contributed by atoms with Crippen LogP contribution in [0.25, 0.3) is 17.0 Å². The summed E-state index contributed by atoms with van der Waals surface area (Å²) < 4.78 is 5.39. The van der Waals surface area contributed by atoms with Gasteiger partial charge in [0.15, 0.2) is 0 Å². The maximum absolute atomic E-state index is 12.1. The quantitative estimate of drug-likeness (QED) is 0.659. The molecule has 5 nitrogen and oxygen atoms in total. The van der Waals surface area contributed by atoms with Crippen LogP contribution in [0.15, 0.2) is 66.7 Å². The molecule has 148 valence electrons. The first-order chi connectivity index (χ1) is 14.3. The van der Waals surface area contributed by atoms with Gasteiger partial charge >= 0.3 is 0 Å². The fraction of sp³-hybridized carbons (Fsp3) is 0.250. The fourth-order valence-electron chi connectivity index (χ4n) is 3.36. The Morgan fingerprint density at radius 2 is 1.76 bits per heavy atom. The molecule has 0 unspecified atom stereocenters. The van der Waals surface area contributed by atoms with Gasteiger partial charge in [-0.2, -0.15) is 0 Å². The average molecular weight is 387 g/mol. The Morgan fingerprint density at radius 3 is 2.59 bits per heavy atom. The van der Waals surface area contributed by atoms with Gasteiger partial charge in [0, 0.05) is 37.6 Å². The number of benzene rings is 2. The van der Waals surface area contributed by atoms with E-state index in [1.165, 1.54) is 11.6 Å². The Morgan fingerprint density at radius 1 is 1.00 bits per heavy atom. The molecule has 0 bridgehead atoms. The molecule has 0 spiro atoms. The van der Waals surface area contributed by atoms with Crippen LogP contribution in [0.2, 0.25) is 0 Å². The molecule has 1 aromatic heterocycles. The maximum Gasteiger partial charge on any atom is 0.244 e. The van der Waals surface area contributed by atoms with Crippen LogP contribution in [0.1, 0.15) is 16.8 Å². The zero-order chi connectivity index (χ0) is 19.9. The molecular weight excluding hydrogens is 362 g/mol. The SMILES string of the molecule is O=C(/C=C/c1ccc2ccccc2n1)NCc1ccc(CN2CCOCC2)cc1. The summed E-state index contributed by atoms with van der Waals surface area (Å²) in [5.74, 6) is -0.127. The lowest BCUT2D eigenvalue weighted by molar-refractivity contribution is -0.116. The first kappa shape index (κ1) is 19.3. The van der Waals surface area contributed by atoms with Gasteiger partial charge in [-0.3, -0.25) is 9.69 Å². The van der Waals surface area contributed by atoms with E-state index >= 15 is 0 Å². The number of rotatable bonds is 6. The van der Waals surface area contributed by atoms with E-state index in [1.54, 1.807) is 6.08 Å². The third kappa shape index (κ3) is 5.50. The van der Waals surface area contributed by atoms with Crippen molar-refractivity contribution in [2.45, 2.75) is 13.1 Å². The minimum atomic E-state index is -0.127. The van der Waals surface area contributed by atoms with E-state index in [9.17, 15) is 4.79 Å². The normalized spacial score (nSPS) is 15.0. The van der Waals surface area contributed by atoms with Crippen LogP contribution in [0.4, 0.5) is 0 Å². The summed E-state index contributed by atoms with van der Waals surface area (Å²) in [5, 5.41) is 4.02. The Kier molecular flexibility index (Phi) is 6.29. The summed E-state index contributed by atoms with van der Waals surface area (Å²) in [5.41, 5.74) is 4.06. The zero-order valence-electron chi connectivity index (χ0n) is 16.4. The molecule has 2 aromatic carbocycles. The van der Waals surface area contributed by atoms with Gasteiger partial charge in [0.25, 0.3) is 0 Å². The number of aromatic nitrogens is 1. The van der Waals surface area contributed by atoms with Crippen molar-refractivity contribution in [2.75, 3.05) is 26.3 Å². The van der Waals surface area contributed by atoms with Crippen molar-refractivity contribution < 1.29 is 9.53 Å². The van der Waals surface area contributed by atoms with Crippen LogP contribution < -0.4 is 5.32 Å². The summed E-state index contributed by atoms with van der Waals surface area (Å²) in [4.78, 5) is 19.1. The number of para-hydroxylation sites is 1.